The van der Waals surface area contributed by atoms with E-state index in [-0.39, 0.29) is 35.1 Å². The molecule has 0 bridgehead atoms. The van der Waals surface area contributed by atoms with Gasteiger partial charge in [-0.25, -0.2) is 4.79 Å². The van der Waals surface area contributed by atoms with Crippen LogP contribution in [0.2, 0.25) is 0 Å². The van der Waals surface area contributed by atoms with Crippen molar-refractivity contribution < 1.29 is 28.7 Å². The van der Waals surface area contributed by atoms with Gasteiger partial charge in [-0.2, -0.15) is 0 Å². The maximum atomic E-state index is 13.4. The van der Waals surface area contributed by atoms with E-state index >= 15 is 0 Å². The van der Waals surface area contributed by atoms with Crippen LogP contribution >= 0.6 is 0 Å². The van der Waals surface area contributed by atoms with E-state index in [1.54, 1.807) is 36.4 Å². The number of ether oxygens (including phenoxy) is 2. The topological polar surface area (TPSA) is 102 Å². The van der Waals surface area contributed by atoms with Crippen molar-refractivity contribution in [3.05, 3.63) is 120 Å². The summed E-state index contributed by atoms with van der Waals surface area (Å²) in [5, 5.41) is 2.68. The molecule has 8 nitrogen and oxygen atoms in total. The largest absolute Gasteiger partial charge is 0.457 e. The highest BCUT2D eigenvalue weighted by Gasteiger charge is 2.50. The zero-order valence-corrected chi connectivity index (χ0v) is 23.3. The van der Waals surface area contributed by atoms with Gasteiger partial charge >= 0.3 is 5.97 Å². The van der Waals surface area contributed by atoms with Gasteiger partial charge in [0.1, 0.15) is 11.5 Å². The fourth-order valence-electron chi connectivity index (χ4n) is 5.88. The highest BCUT2D eigenvalue weighted by molar-refractivity contribution is 6.22. The Bertz CT molecular complexity index is 1640. The van der Waals surface area contributed by atoms with Crippen molar-refractivity contribution in [3.8, 4) is 11.5 Å². The van der Waals surface area contributed by atoms with Gasteiger partial charge in [0.15, 0.2) is 6.61 Å². The summed E-state index contributed by atoms with van der Waals surface area (Å²) in [5.74, 6) is -0.910. The molecule has 1 aliphatic carbocycles. The molecule has 0 unspecified atom stereocenters. The molecule has 1 heterocycles. The molecule has 1 saturated heterocycles. The molecule has 3 amide bonds. The summed E-state index contributed by atoms with van der Waals surface area (Å²) in [7, 11) is 0. The van der Waals surface area contributed by atoms with Gasteiger partial charge in [0.25, 0.3) is 5.91 Å². The smallest absolute Gasteiger partial charge is 0.338 e. The number of para-hydroxylation sites is 1. The second kappa shape index (κ2) is 12.3. The van der Waals surface area contributed by atoms with Crippen molar-refractivity contribution in [1.82, 2.24) is 0 Å². The van der Waals surface area contributed by atoms with Crippen molar-refractivity contribution in [1.29, 1.82) is 0 Å². The van der Waals surface area contributed by atoms with E-state index in [1.165, 1.54) is 22.6 Å². The van der Waals surface area contributed by atoms with Crippen molar-refractivity contribution in [2.75, 3.05) is 16.8 Å². The van der Waals surface area contributed by atoms with Crippen LogP contribution in [0.3, 0.4) is 0 Å². The minimum Gasteiger partial charge on any atom is -0.457 e. The molecule has 1 aliphatic heterocycles. The lowest BCUT2D eigenvalue weighted by atomic mass is 9.73. The van der Waals surface area contributed by atoms with Gasteiger partial charge in [0.05, 0.1) is 23.1 Å². The van der Waals surface area contributed by atoms with Crippen LogP contribution in [0.25, 0.3) is 0 Å². The van der Waals surface area contributed by atoms with Gasteiger partial charge in [-0.1, -0.05) is 54.6 Å². The molecule has 216 valence electrons. The van der Waals surface area contributed by atoms with E-state index < -0.39 is 18.5 Å². The highest BCUT2D eigenvalue weighted by Crippen LogP contribution is 2.45. The summed E-state index contributed by atoms with van der Waals surface area (Å²) in [5.41, 5.74) is 2.18. The lowest BCUT2D eigenvalue weighted by Gasteiger charge is -2.28. The first kappa shape index (κ1) is 27.9. The Labute approximate surface area is 249 Å². The van der Waals surface area contributed by atoms with Crippen molar-refractivity contribution in [3.63, 3.8) is 0 Å². The second-order valence-corrected chi connectivity index (χ2v) is 10.8. The molecule has 3 atom stereocenters. The summed E-state index contributed by atoms with van der Waals surface area (Å²) >= 11 is 0. The molecule has 0 spiro atoms. The van der Waals surface area contributed by atoms with E-state index in [9.17, 15) is 19.2 Å². The fourth-order valence-corrected chi connectivity index (χ4v) is 5.88. The molecule has 1 N–H and O–H groups in total. The van der Waals surface area contributed by atoms with E-state index in [2.05, 4.69) is 17.4 Å². The standard InChI is InChI=1S/C35H30N2O6/c38-32(36-26-15-17-29(18-16-26)43-28-12-5-2-6-13-28)22-42-35(41)25-10-7-11-27(20-25)37-33(39)30-19-14-24(21-31(30)34(37)40)23-8-3-1-4-9-23/h1-13,15-18,20,24,30-31H,14,19,21-22H2,(H,36,38)/t24-,30+,31-/m0/s1. The van der Waals surface area contributed by atoms with Gasteiger partial charge in [0, 0.05) is 5.69 Å². The first-order chi connectivity index (χ1) is 21.0. The Morgan fingerprint density at radius 1 is 0.744 bits per heavy atom. The zero-order valence-electron chi connectivity index (χ0n) is 23.3. The number of hydrogen-bond donors (Lipinski definition) is 1. The fraction of sp³-hybridized carbons (Fsp3) is 0.200. The number of benzene rings is 4. The van der Waals surface area contributed by atoms with Crippen molar-refractivity contribution >= 4 is 35.1 Å². The molecule has 2 aliphatic rings. The molecule has 8 heteroatoms. The van der Waals surface area contributed by atoms with E-state index in [4.69, 9.17) is 9.47 Å². The van der Waals surface area contributed by atoms with Crippen LogP contribution in [0.4, 0.5) is 11.4 Å². The molecule has 0 aromatic heterocycles. The first-order valence-corrected chi connectivity index (χ1v) is 14.3. The van der Waals surface area contributed by atoms with Crippen LogP contribution in [0.15, 0.2) is 109 Å². The molecule has 43 heavy (non-hydrogen) atoms. The molecule has 6 rings (SSSR count). The van der Waals surface area contributed by atoms with Crippen molar-refractivity contribution in [2.24, 2.45) is 11.8 Å². The number of fused-ring (bicyclic) bond motifs is 1. The van der Waals surface area contributed by atoms with Crippen molar-refractivity contribution in [2.45, 2.75) is 25.2 Å². The van der Waals surface area contributed by atoms with E-state index in [0.29, 0.717) is 35.7 Å². The molecular weight excluding hydrogens is 544 g/mol. The number of nitrogens with zero attached hydrogens (tertiary/aromatic N) is 1. The third-order valence-corrected chi connectivity index (χ3v) is 7.99. The predicted octanol–water partition coefficient (Wildman–Crippen LogP) is 6.35. The molecule has 0 radical (unpaired) electrons. The third kappa shape index (κ3) is 6.18. The minimum atomic E-state index is -0.732. The predicted molar refractivity (Wildman–Crippen MR) is 161 cm³/mol. The number of esters is 1. The lowest BCUT2D eigenvalue weighted by molar-refractivity contribution is -0.122. The average molecular weight is 575 g/mol. The number of carbonyl (C=O) groups is 4. The lowest BCUT2D eigenvalue weighted by Crippen LogP contribution is -2.31. The summed E-state index contributed by atoms with van der Waals surface area (Å²) in [4.78, 5) is 53.2. The highest BCUT2D eigenvalue weighted by atomic mass is 16.5. The van der Waals surface area contributed by atoms with Gasteiger partial charge in [-0.15, -0.1) is 0 Å². The number of carbonyl (C=O) groups excluding carboxylic acids is 4. The minimum absolute atomic E-state index is 0.144. The first-order valence-electron chi connectivity index (χ1n) is 14.3. The summed E-state index contributed by atoms with van der Waals surface area (Å²) in [6.07, 6.45) is 2.11. The Hall–Kier alpha value is -5.24. The van der Waals surface area contributed by atoms with E-state index in [0.717, 1.165) is 6.42 Å². The SMILES string of the molecule is O=C(COC(=O)c1cccc(N2C(=O)[C@H]3C[C@@H](c4ccccc4)CC[C@H]3C2=O)c1)Nc1ccc(Oc2ccccc2)cc1. The molecule has 4 aromatic rings. The number of rotatable bonds is 8. The Balaban J connectivity index is 1.05. The summed E-state index contributed by atoms with van der Waals surface area (Å²) in [6, 6.07) is 32.4. The Morgan fingerprint density at radius 2 is 1.42 bits per heavy atom. The van der Waals surface area contributed by atoms with E-state index in [1.807, 2.05) is 48.5 Å². The number of amides is 3. The monoisotopic (exact) mass is 574 g/mol. The maximum Gasteiger partial charge on any atom is 0.338 e. The average Bonchev–Trinajstić information content (AvgIpc) is 3.30. The molecule has 4 aromatic carbocycles. The molecule has 1 saturated carbocycles. The summed E-state index contributed by atoms with van der Waals surface area (Å²) in [6.45, 7) is -0.502. The molecule has 2 fully saturated rings. The second-order valence-electron chi connectivity index (χ2n) is 10.8. The van der Waals surface area contributed by atoms with Gasteiger partial charge < -0.3 is 14.8 Å². The third-order valence-electron chi connectivity index (χ3n) is 7.99. The number of anilines is 2. The Morgan fingerprint density at radius 3 is 2.16 bits per heavy atom. The number of nitrogens with one attached hydrogen (secondary N) is 1. The van der Waals surface area contributed by atoms with Crippen LogP contribution in [-0.4, -0.2) is 30.3 Å². The number of hydrogen-bond acceptors (Lipinski definition) is 6. The van der Waals surface area contributed by atoms with Gasteiger partial charge in [-0.3, -0.25) is 19.3 Å². The van der Waals surface area contributed by atoms with Crippen LogP contribution in [-0.2, 0) is 19.1 Å². The van der Waals surface area contributed by atoms with Crippen LogP contribution in [0.5, 0.6) is 11.5 Å². The quantitative estimate of drug-likeness (QED) is 0.194. The van der Waals surface area contributed by atoms with Gasteiger partial charge in [-0.05, 0) is 85.3 Å². The maximum absolute atomic E-state index is 13.4. The summed E-state index contributed by atoms with van der Waals surface area (Å²) < 4.78 is 11.0. The number of imide groups is 1. The van der Waals surface area contributed by atoms with Gasteiger partial charge in [0.2, 0.25) is 11.8 Å². The Kier molecular flexibility index (Phi) is 8.00. The zero-order chi connectivity index (χ0) is 29.8. The molecular formula is C35H30N2O6. The van der Waals surface area contributed by atoms with Crippen LogP contribution in [0.1, 0.15) is 41.1 Å². The normalized spacial score (nSPS) is 19.4. The van der Waals surface area contributed by atoms with Crippen LogP contribution < -0.4 is 15.0 Å². The van der Waals surface area contributed by atoms with Crippen LogP contribution in [0, 0.1) is 11.8 Å².